The Balaban J connectivity index is 0.00000121. The molecule has 58 valence electrons. The average Bonchev–Trinajstić information content (AvgIpc) is 1.94. The van der Waals surface area contributed by atoms with Gasteiger partial charge in [-0.25, -0.2) is 0 Å². The van der Waals surface area contributed by atoms with Crippen molar-refractivity contribution < 1.29 is 39.5 Å². The summed E-state index contributed by atoms with van der Waals surface area (Å²) in [6, 6.07) is 4.74. The molecule has 0 atom stereocenters. The van der Waals surface area contributed by atoms with E-state index in [1.807, 2.05) is 22.6 Å². The molecule has 0 saturated carbocycles. The minimum Gasteiger partial charge on any atom is -0.545 e. The van der Waals surface area contributed by atoms with Crippen molar-refractivity contribution in [3.8, 4) is 0 Å². The Bertz CT molecular complexity index is 303. The summed E-state index contributed by atoms with van der Waals surface area (Å²) in [5.41, 5.74) is 0.0403. The molecule has 2 nitrogen and oxygen atoms in total. The van der Waals surface area contributed by atoms with Gasteiger partial charge in [-0.3, -0.25) is 0 Å². The third-order valence-electron chi connectivity index (χ3n) is 1.15. The van der Waals surface area contributed by atoms with Crippen LogP contribution in [0.4, 0.5) is 0 Å². The second kappa shape index (κ2) is 5.44. The first-order valence-corrected chi connectivity index (χ1v) is 4.23. The summed E-state index contributed by atoms with van der Waals surface area (Å²) in [6.07, 6.45) is 0. The average molecular weight is 304 g/mol. The van der Waals surface area contributed by atoms with Crippen molar-refractivity contribution in [3.05, 3.63) is 32.4 Å². The number of hydrogen-bond acceptors (Lipinski definition) is 2. The summed E-state index contributed by atoms with van der Waals surface area (Å²) >= 11 is 7.57. The third kappa shape index (κ3) is 3.22. The van der Waals surface area contributed by atoms with Crippen LogP contribution in [-0.4, -0.2) is 5.97 Å². The second-order valence-electron chi connectivity index (χ2n) is 1.91. The van der Waals surface area contributed by atoms with Gasteiger partial charge in [0.15, 0.2) is 0 Å². The third-order valence-corrected chi connectivity index (χ3v) is 2.15. The van der Waals surface area contributed by atoms with E-state index >= 15 is 0 Å². The van der Waals surface area contributed by atoms with Gasteiger partial charge < -0.3 is 9.90 Å². The minimum absolute atomic E-state index is 0. The van der Waals surface area contributed by atoms with Crippen LogP contribution in [-0.2, 0) is 0 Å². The normalized spacial score (nSPS) is 8.83. The molecule has 1 aromatic rings. The smallest absolute Gasteiger partial charge is 0.545 e. The van der Waals surface area contributed by atoms with E-state index in [9.17, 15) is 9.90 Å². The van der Waals surface area contributed by atoms with Crippen LogP contribution in [0.1, 0.15) is 10.4 Å². The Hall–Kier alpha value is 0.710. The standard InChI is InChI=1S/C7H4ClIO2.Na/c8-6-2-1-4(9)3-5(6)7(10)11;/h1-3H,(H,10,11);/q;+1/p-1. The first-order chi connectivity index (χ1) is 5.11. The molecule has 0 radical (unpaired) electrons. The first-order valence-electron chi connectivity index (χ1n) is 2.77. The van der Waals surface area contributed by atoms with Gasteiger partial charge in [-0.05, 0) is 40.8 Å². The Labute approximate surface area is 111 Å². The van der Waals surface area contributed by atoms with Crippen molar-refractivity contribution in [2.75, 3.05) is 0 Å². The number of carbonyl (C=O) groups excluding carboxylic acids is 1. The Kier molecular flexibility index (Phi) is 5.76. The van der Waals surface area contributed by atoms with Crippen molar-refractivity contribution in [2.24, 2.45) is 0 Å². The molecule has 0 aromatic heterocycles. The Morgan fingerprint density at radius 3 is 2.50 bits per heavy atom. The molecular weight excluding hydrogens is 301 g/mol. The van der Waals surface area contributed by atoms with Crippen molar-refractivity contribution >= 4 is 40.2 Å². The van der Waals surface area contributed by atoms with E-state index in [1.54, 1.807) is 6.07 Å². The maximum Gasteiger partial charge on any atom is 1.00 e. The van der Waals surface area contributed by atoms with Gasteiger partial charge in [-0.15, -0.1) is 0 Å². The van der Waals surface area contributed by atoms with Gasteiger partial charge in [-0.1, -0.05) is 11.6 Å². The molecule has 0 aliphatic carbocycles. The van der Waals surface area contributed by atoms with Crippen molar-refractivity contribution in [3.63, 3.8) is 0 Å². The predicted molar refractivity (Wildman–Crippen MR) is 48.5 cm³/mol. The molecule has 1 rings (SSSR count). The SMILES string of the molecule is O=C([O-])c1cc(I)ccc1Cl.[Na+]. The van der Waals surface area contributed by atoms with Crippen molar-refractivity contribution in [2.45, 2.75) is 0 Å². The topological polar surface area (TPSA) is 40.1 Å². The Morgan fingerprint density at radius 1 is 1.50 bits per heavy atom. The van der Waals surface area contributed by atoms with E-state index in [4.69, 9.17) is 11.6 Å². The van der Waals surface area contributed by atoms with Crippen LogP contribution in [0.3, 0.4) is 0 Å². The van der Waals surface area contributed by atoms with E-state index in [1.165, 1.54) is 12.1 Å². The van der Waals surface area contributed by atoms with E-state index < -0.39 is 5.97 Å². The summed E-state index contributed by atoms with van der Waals surface area (Å²) in [4.78, 5) is 10.4. The monoisotopic (exact) mass is 304 g/mol. The summed E-state index contributed by atoms with van der Waals surface area (Å²) in [5, 5.41) is 10.6. The van der Waals surface area contributed by atoms with Crippen LogP contribution < -0.4 is 34.7 Å². The molecule has 0 fully saturated rings. The van der Waals surface area contributed by atoms with Crippen molar-refractivity contribution in [1.82, 2.24) is 0 Å². The zero-order valence-corrected chi connectivity index (χ0v) is 11.2. The minimum atomic E-state index is -1.24. The van der Waals surface area contributed by atoms with Crippen LogP contribution in [0.5, 0.6) is 0 Å². The fourth-order valence-corrected chi connectivity index (χ4v) is 1.34. The molecule has 0 unspecified atom stereocenters. The molecule has 0 N–H and O–H groups in total. The molecule has 0 aliphatic rings. The zero-order chi connectivity index (χ0) is 8.43. The van der Waals surface area contributed by atoms with E-state index in [0.717, 1.165) is 3.57 Å². The molecule has 5 heteroatoms. The summed E-state index contributed by atoms with van der Waals surface area (Å²) in [6.45, 7) is 0. The molecule has 0 heterocycles. The number of hydrogen-bond donors (Lipinski definition) is 0. The van der Waals surface area contributed by atoms with Gasteiger partial charge in [0.1, 0.15) is 0 Å². The largest absolute Gasteiger partial charge is 1.00 e. The zero-order valence-electron chi connectivity index (χ0n) is 6.30. The van der Waals surface area contributed by atoms with Gasteiger partial charge >= 0.3 is 29.6 Å². The van der Waals surface area contributed by atoms with Crippen LogP contribution in [0.25, 0.3) is 0 Å². The van der Waals surface area contributed by atoms with Gasteiger partial charge in [0, 0.05) is 14.2 Å². The molecule has 0 aliphatic heterocycles. The van der Waals surface area contributed by atoms with E-state index in [-0.39, 0.29) is 40.1 Å². The number of rotatable bonds is 1. The van der Waals surface area contributed by atoms with Crippen LogP contribution >= 0.6 is 34.2 Å². The number of benzene rings is 1. The van der Waals surface area contributed by atoms with Crippen LogP contribution in [0, 0.1) is 3.57 Å². The molecular formula is C7H3ClINaO2. The van der Waals surface area contributed by atoms with Gasteiger partial charge in [0.2, 0.25) is 0 Å². The summed E-state index contributed by atoms with van der Waals surface area (Å²) in [7, 11) is 0. The molecule has 0 saturated heterocycles. The number of carboxylic acids is 1. The van der Waals surface area contributed by atoms with Crippen molar-refractivity contribution in [1.29, 1.82) is 0 Å². The first kappa shape index (κ1) is 12.7. The van der Waals surface area contributed by atoms with Gasteiger partial charge in [-0.2, -0.15) is 0 Å². The predicted octanol–water partition coefficient (Wildman–Crippen LogP) is -1.69. The maximum atomic E-state index is 10.4. The molecule has 12 heavy (non-hydrogen) atoms. The molecule has 0 amide bonds. The fraction of sp³-hybridized carbons (Fsp3) is 0. The molecule has 0 bridgehead atoms. The quantitative estimate of drug-likeness (QED) is 0.459. The summed E-state index contributed by atoms with van der Waals surface area (Å²) < 4.78 is 0.825. The van der Waals surface area contributed by atoms with E-state index in [2.05, 4.69) is 0 Å². The number of halogens is 2. The van der Waals surface area contributed by atoms with Crippen LogP contribution in [0.2, 0.25) is 5.02 Å². The summed E-state index contributed by atoms with van der Waals surface area (Å²) in [5.74, 6) is -1.24. The van der Waals surface area contributed by atoms with Gasteiger partial charge in [0.05, 0.1) is 5.97 Å². The second-order valence-corrected chi connectivity index (χ2v) is 3.56. The molecule has 0 spiro atoms. The fourth-order valence-electron chi connectivity index (χ4n) is 0.654. The molecule has 1 aromatic carbocycles. The maximum absolute atomic E-state index is 10.4. The Morgan fingerprint density at radius 2 is 2.08 bits per heavy atom. The number of carboxylic acid groups (broad SMARTS) is 1. The van der Waals surface area contributed by atoms with Crippen LogP contribution in [0.15, 0.2) is 18.2 Å². The number of carbonyl (C=O) groups is 1. The van der Waals surface area contributed by atoms with E-state index in [0.29, 0.717) is 0 Å². The van der Waals surface area contributed by atoms with Gasteiger partial charge in [0.25, 0.3) is 0 Å². The number of aromatic carboxylic acids is 1.